The van der Waals surface area contributed by atoms with Gasteiger partial charge < -0.3 is 14.8 Å². The van der Waals surface area contributed by atoms with Crippen LogP contribution >= 0.6 is 11.3 Å². The summed E-state index contributed by atoms with van der Waals surface area (Å²) in [5, 5.41) is 4.92. The van der Waals surface area contributed by atoms with Crippen LogP contribution in [0.4, 0.5) is 11.5 Å². The third kappa shape index (κ3) is 4.10. The molecule has 4 aromatic rings. The number of ether oxygens (including phenoxy) is 2. The number of hydrogen-bond donors (Lipinski definition) is 1. The molecule has 7 heteroatoms. The van der Waals surface area contributed by atoms with Crippen LogP contribution in [0, 0.1) is 6.92 Å². The van der Waals surface area contributed by atoms with E-state index in [-0.39, 0.29) is 0 Å². The van der Waals surface area contributed by atoms with Crippen LogP contribution in [0.2, 0.25) is 0 Å². The van der Waals surface area contributed by atoms with Crippen molar-refractivity contribution in [2.45, 2.75) is 6.92 Å². The number of benzene rings is 1. The van der Waals surface area contributed by atoms with Crippen LogP contribution in [0.25, 0.3) is 11.3 Å². The number of nitrogens with one attached hydrogen (secondary N) is 1. The van der Waals surface area contributed by atoms with Crippen LogP contribution < -0.4 is 14.8 Å². The first-order valence-corrected chi connectivity index (χ1v) is 9.47. The van der Waals surface area contributed by atoms with E-state index in [0.717, 1.165) is 27.0 Å². The quantitative estimate of drug-likeness (QED) is 0.472. The van der Waals surface area contributed by atoms with Crippen LogP contribution in [-0.4, -0.2) is 22.1 Å². The van der Waals surface area contributed by atoms with Crippen LogP contribution in [0.15, 0.2) is 67.0 Å². The van der Waals surface area contributed by atoms with Crippen LogP contribution in [-0.2, 0) is 0 Å². The SMILES string of the molecule is COc1ccc(Nc2cc(Oc3sc(C)nc3-c3ccccc3)ccn2)cn1. The molecule has 3 aromatic heterocycles. The highest BCUT2D eigenvalue weighted by molar-refractivity contribution is 7.13. The number of anilines is 2. The van der Waals surface area contributed by atoms with Gasteiger partial charge in [0.1, 0.15) is 17.3 Å². The molecule has 0 saturated heterocycles. The monoisotopic (exact) mass is 390 g/mol. The van der Waals surface area contributed by atoms with Gasteiger partial charge in [-0.2, -0.15) is 0 Å². The molecule has 0 unspecified atom stereocenters. The number of aromatic nitrogens is 3. The van der Waals surface area contributed by atoms with Gasteiger partial charge in [-0.15, -0.1) is 0 Å². The molecule has 0 aliphatic carbocycles. The molecule has 0 bridgehead atoms. The van der Waals surface area contributed by atoms with E-state index in [2.05, 4.69) is 20.3 Å². The third-order valence-electron chi connectivity index (χ3n) is 3.91. The Hall–Kier alpha value is -3.45. The average molecular weight is 390 g/mol. The van der Waals surface area contributed by atoms with E-state index in [1.165, 1.54) is 11.3 Å². The standard InChI is InChI=1S/C21H18N4O2S/c1-14-24-20(15-6-4-3-5-7-15)21(28-14)27-17-10-11-22-18(12-17)25-16-8-9-19(26-2)23-13-16/h3-13H,1-2H3,(H,22,25). The second-order valence-corrected chi connectivity index (χ2v) is 7.09. The molecule has 0 fully saturated rings. The maximum absolute atomic E-state index is 6.14. The number of hydrogen-bond acceptors (Lipinski definition) is 7. The van der Waals surface area contributed by atoms with Gasteiger partial charge >= 0.3 is 0 Å². The fraction of sp³-hybridized carbons (Fsp3) is 0.0952. The molecular formula is C21H18N4O2S. The molecule has 4 rings (SSSR count). The Kier molecular flexibility index (Phi) is 5.16. The van der Waals surface area contributed by atoms with Gasteiger partial charge in [-0.3, -0.25) is 0 Å². The molecule has 0 radical (unpaired) electrons. The molecule has 0 amide bonds. The van der Waals surface area contributed by atoms with E-state index in [9.17, 15) is 0 Å². The lowest BCUT2D eigenvalue weighted by molar-refractivity contribution is 0.398. The Morgan fingerprint density at radius 3 is 2.61 bits per heavy atom. The van der Waals surface area contributed by atoms with E-state index in [1.54, 1.807) is 25.6 Å². The summed E-state index contributed by atoms with van der Waals surface area (Å²) in [5.74, 6) is 1.90. The van der Waals surface area contributed by atoms with Gasteiger partial charge in [-0.25, -0.2) is 15.0 Å². The zero-order chi connectivity index (χ0) is 19.3. The van der Waals surface area contributed by atoms with Gasteiger partial charge in [0, 0.05) is 23.9 Å². The van der Waals surface area contributed by atoms with E-state index in [4.69, 9.17) is 9.47 Å². The number of nitrogens with zero attached hydrogens (tertiary/aromatic N) is 3. The van der Waals surface area contributed by atoms with Crippen molar-refractivity contribution in [1.82, 2.24) is 15.0 Å². The second-order valence-electron chi connectivity index (χ2n) is 5.93. The minimum absolute atomic E-state index is 0.560. The maximum Gasteiger partial charge on any atom is 0.213 e. The first-order chi connectivity index (χ1) is 13.7. The number of methoxy groups -OCH3 is 1. The maximum atomic E-state index is 6.14. The van der Waals surface area contributed by atoms with Crippen LogP contribution in [0.1, 0.15) is 5.01 Å². The van der Waals surface area contributed by atoms with Gasteiger partial charge in [-0.1, -0.05) is 41.7 Å². The van der Waals surface area contributed by atoms with E-state index >= 15 is 0 Å². The Labute approximate surface area is 166 Å². The predicted octanol–water partition coefficient (Wildman–Crippen LogP) is 5.45. The summed E-state index contributed by atoms with van der Waals surface area (Å²) in [5.41, 5.74) is 2.68. The number of aryl methyl sites for hydroxylation is 1. The van der Waals surface area contributed by atoms with E-state index in [0.29, 0.717) is 17.4 Å². The average Bonchev–Trinajstić information content (AvgIpc) is 3.09. The van der Waals surface area contributed by atoms with Crippen molar-refractivity contribution in [2.24, 2.45) is 0 Å². The molecule has 0 aliphatic heterocycles. The highest BCUT2D eigenvalue weighted by Crippen LogP contribution is 2.38. The number of thiazole rings is 1. The number of rotatable bonds is 6. The van der Waals surface area contributed by atoms with Gasteiger partial charge in [-0.05, 0) is 19.1 Å². The first-order valence-electron chi connectivity index (χ1n) is 8.65. The van der Waals surface area contributed by atoms with Crippen molar-refractivity contribution in [3.63, 3.8) is 0 Å². The fourth-order valence-electron chi connectivity index (χ4n) is 2.63. The molecule has 1 aromatic carbocycles. The van der Waals surface area contributed by atoms with Gasteiger partial charge in [0.05, 0.1) is 24.0 Å². The fourth-order valence-corrected chi connectivity index (χ4v) is 3.43. The molecule has 6 nitrogen and oxygen atoms in total. The van der Waals surface area contributed by atoms with E-state index in [1.807, 2.05) is 55.5 Å². The van der Waals surface area contributed by atoms with Crippen molar-refractivity contribution < 1.29 is 9.47 Å². The summed E-state index contributed by atoms with van der Waals surface area (Å²) >= 11 is 1.52. The molecule has 0 spiro atoms. The van der Waals surface area contributed by atoms with Gasteiger partial charge in [0.15, 0.2) is 0 Å². The Balaban J connectivity index is 1.56. The second kappa shape index (κ2) is 8.06. The lowest BCUT2D eigenvalue weighted by Gasteiger charge is -2.09. The van der Waals surface area contributed by atoms with Gasteiger partial charge in [0.25, 0.3) is 0 Å². The third-order valence-corrected chi connectivity index (χ3v) is 4.76. The van der Waals surface area contributed by atoms with Crippen molar-refractivity contribution in [2.75, 3.05) is 12.4 Å². The Morgan fingerprint density at radius 1 is 1.00 bits per heavy atom. The van der Waals surface area contributed by atoms with Crippen molar-refractivity contribution in [3.05, 3.63) is 72.0 Å². The summed E-state index contributed by atoms with van der Waals surface area (Å²) in [6.07, 6.45) is 3.39. The minimum Gasteiger partial charge on any atom is -0.481 e. The van der Waals surface area contributed by atoms with Crippen LogP contribution in [0.3, 0.4) is 0 Å². The topological polar surface area (TPSA) is 69.2 Å². The zero-order valence-electron chi connectivity index (χ0n) is 15.4. The van der Waals surface area contributed by atoms with Crippen molar-refractivity contribution >= 4 is 22.8 Å². The van der Waals surface area contributed by atoms with Crippen LogP contribution in [0.5, 0.6) is 16.7 Å². The van der Waals surface area contributed by atoms with Crippen molar-refractivity contribution in [1.29, 1.82) is 0 Å². The van der Waals surface area contributed by atoms with E-state index < -0.39 is 0 Å². The zero-order valence-corrected chi connectivity index (χ0v) is 16.2. The smallest absolute Gasteiger partial charge is 0.213 e. The minimum atomic E-state index is 0.560. The lowest BCUT2D eigenvalue weighted by Crippen LogP contribution is -1.95. The van der Waals surface area contributed by atoms with Gasteiger partial charge in [0.2, 0.25) is 10.9 Å². The molecule has 0 atom stereocenters. The summed E-state index contributed by atoms with van der Waals surface area (Å²) in [6.45, 7) is 1.97. The Morgan fingerprint density at radius 2 is 1.86 bits per heavy atom. The van der Waals surface area contributed by atoms with Crippen molar-refractivity contribution in [3.8, 4) is 28.0 Å². The summed E-state index contributed by atoms with van der Waals surface area (Å²) in [6, 6.07) is 17.3. The predicted molar refractivity (Wildman–Crippen MR) is 111 cm³/mol. The molecular weight excluding hydrogens is 372 g/mol. The number of pyridine rings is 2. The molecule has 28 heavy (non-hydrogen) atoms. The Bertz CT molecular complexity index is 1070. The molecule has 0 saturated carbocycles. The normalized spacial score (nSPS) is 10.5. The highest BCUT2D eigenvalue weighted by atomic mass is 32.1. The lowest BCUT2D eigenvalue weighted by atomic mass is 10.2. The molecule has 1 N–H and O–H groups in total. The molecule has 3 heterocycles. The largest absolute Gasteiger partial charge is 0.481 e. The first kappa shape index (κ1) is 17.9. The summed E-state index contributed by atoms with van der Waals surface area (Å²) in [4.78, 5) is 13.1. The molecule has 140 valence electrons. The molecule has 0 aliphatic rings. The highest BCUT2D eigenvalue weighted by Gasteiger charge is 2.14. The summed E-state index contributed by atoms with van der Waals surface area (Å²) < 4.78 is 11.2. The summed E-state index contributed by atoms with van der Waals surface area (Å²) in [7, 11) is 1.59.